The number of ether oxygens (including phenoxy) is 1. The lowest BCUT2D eigenvalue weighted by molar-refractivity contribution is 0.0602. The summed E-state index contributed by atoms with van der Waals surface area (Å²) in [5.74, 6) is 0.562. The molecule has 4 aromatic rings. The molecule has 0 saturated heterocycles. The van der Waals surface area contributed by atoms with Gasteiger partial charge in [-0.25, -0.2) is 9.78 Å². The molecule has 0 spiro atoms. The Labute approximate surface area is 167 Å². The second-order valence-corrected chi connectivity index (χ2v) is 6.39. The fourth-order valence-electron chi connectivity index (χ4n) is 3.03. The number of pyridine rings is 1. The van der Waals surface area contributed by atoms with Crippen molar-refractivity contribution in [1.29, 1.82) is 0 Å². The molecule has 2 heterocycles. The van der Waals surface area contributed by atoms with Gasteiger partial charge in [0.05, 0.1) is 29.6 Å². The fraction of sp³-hybridized carbons (Fsp3) is 0.0909. The highest BCUT2D eigenvalue weighted by atomic mass is 16.5. The number of carbonyl (C=O) groups is 1. The number of nitrogens with one attached hydrogen (secondary N) is 2. The van der Waals surface area contributed by atoms with Crippen molar-refractivity contribution in [3.8, 4) is 0 Å². The summed E-state index contributed by atoms with van der Waals surface area (Å²) in [5, 5.41) is 7.47. The average Bonchev–Trinajstić information content (AvgIpc) is 2.73. The van der Waals surface area contributed by atoms with E-state index in [-0.39, 0.29) is 0 Å². The van der Waals surface area contributed by atoms with Gasteiger partial charge in [-0.1, -0.05) is 30.3 Å². The van der Waals surface area contributed by atoms with Gasteiger partial charge in [0.15, 0.2) is 0 Å². The van der Waals surface area contributed by atoms with Crippen molar-refractivity contribution in [1.82, 2.24) is 15.0 Å². The molecule has 0 aliphatic rings. The highest BCUT2D eigenvalue weighted by molar-refractivity contribution is 5.96. The lowest BCUT2D eigenvalue weighted by atomic mass is 10.2. The number of hydrogen-bond acceptors (Lipinski definition) is 7. The largest absolute Gasteiger partial charge is 0.465 e. The summed E-state index contributed by atoms with van der Waals surface area (Å²) in [6.45, 7) is 1.88. The van der Waals surface area contributed by atoms with Crippen LogP contribution in [0.4, 0.5) is 23.1 Å². The van der Waals surface area contributed by atoms with Gasteiger partial charge in [0.2, 0.25) is 5.95 Å². The highest BCUT2D eigenvalue weighted by Gasteiger charge is 2.13. The van der Waals surface area contributed by atoms with Crippen molar-refractivity contribution in [2.75, 3.05) is 17.7 Å². The van der Waals surface area contributed by atoms with Crippen LogP contribution in [0.15, 0.2) is 66.9 Å². The average molecular weight is 385 g/mol. The molecule has 7 heteroatoms. The van der Waals surface area contributed by atoms with E-state index in [0.717, 1.165) is 22.3 Å². The number of anilines is 4. The van der Waals surface area contributed by atoms with Crippen LogP contribution in [-0.2, 0) is 4.74 Å². The molecule has 0 unspecified atom stereocenters. The number of nitrogens with zero attached hydrogens (tertiary/aromatic N) is 3. The van der Waals surface area contributed by atoms with Crippen molar-refractivity contribution in [2.24, 2.45) is 0 Å². The van der Waals surface area contributed by atoms with Crippen LogP contribution in [0.2, 0.25) is 0 Å². The number of aromatic nitrogens is 3. The quantitative estimate of drug-likeness (QED) is 0.485. The first kappa shape index (κ1) is 18.4. The number of fused-ring (bicyclic) bond motifs is 1. The molecule has 2 aromatic heterocycles. The molecule has 2 aromatic carbocycles. The third-order valence-corrected chi connectivity index (χ3v) is 4.33. The smallest absolute Gasteiger partial charge is 0.339 e. The van der Waals surface area contributed by atoms with Crippen molar-refractivity contribution in [2.45, 2.75) is 6.92 Å². The molecule has 4 rings (SSSR count). The van der Waals surface area contributed by atoms with E-state index in [0.29, 0.717) is 23.0 Å². The summed E-state index contributed by atoms with van der Waals surface area (Å²) < 4.78 is 4.84. The second kappa shape index (κ2) is 7.93. The van der Waals surface area contributed by atoms with E-state index in [1.807, 2.05) is 49.4 Å². The van der Waals surface area contributed by atoms with Crippen LogP contribution in [-0.4, -0.2) is 28.0 Å². The monoisotopic (exact) mass is 385 g/mol. The molecule has 0 fully saturated rings. The molecule has 0 aliphatic carbocycles. The predicted octanol–water partition coefficient (Wildman–Crippen LogP) is 4.61. The first-order chi connectivity index (χ1) is 14.1. The van der Waals surface area contributed by atoms with Crippen molar-refractivity contribution < 1.29 is 9.53 Å². The predicted molar refractivity (Wildman–Crippen MR) is 113 cm³/mol. The molecule has 0 aliphatic heterocycles. The Morgan fingerprint density at radius 1 is 0.931 bits per heavy atom. The van der Waals surface area contributed by atoms with Crippen molar-refractivity contribution in [3.63, 3.8) is 0 Å². The van der Waals surface area contributed by atoms with Crippen LogP contribution in [0.5, 0.6) is 0 Å². The molecule has 0 radical (unpaired) electrons. The molecule has 0 amide bonds. The number of hydrogen-bond donors (Lipinski definition) is 2. The molecular formula is C22H19N5O2. The molecule has 7 nitrogen and oxygen atoms in total. The van der Waals surface area contributed by atoms with Gasteiger partial charge in [-0.05, 0) is 31.2 Å². The Hall–Kier alpha value is -4.00. The van der Waals surface area contributed by atoms with Gasteiger partial charge in [-0.2, -0.15) is 4.98 Å². The summed E-state index contributed by atoms with van der Waals surface area (Å²) in [6.07, 6.45) is 1.76. The number of carbonyl (C=O) groups excluding carboxylic acids is 1. The van der Waals surface area contributed by atoms with E-state index in [2.05, 4.69) is 25.6 Å². The molecule has 0 bridgehead atoms. The minimum Gasteiger partial charge on any atom is -0.465 e. The Morgan fingerprint density at radius 2 is 1.72 bits per heavy atom. The minimum absolute atomic E-state index is 0.372. The van der Waals surface area contributed by atoms with E-state index in [9.17, 15) is 4.79 Å². The van der Waals surface area contributed by atoms with Gasteiger partial charge in [-0.3, -0.25) is 4.98 Å². The summed E-state index contributed by atoms with van der Waals surface area (Å²) >= 11 is 0. The fourth-order valence-corrected chi connectivity index (χ4v) is 3.03. The second-order valence-electron chi connectivity index (χ2n) is 6.39. The number of aryl methyl sites for hydroxylation is 1. The standard InChI is InChI=1S/C22H19N5O2/c1-14-13-19(25-18-11-5-7-15-8-6-12-23-20(15)18)27-22(24-14)26-17-10-4-3-9-16(17)21(28)29-2/h3-13H,1-2H3,(H2,24,25,26,27). The van der Waals surface area contributed by atoms with Gasteiger partial charge >= 0.3 is 5.97 Å². The van der Waals surface area contributed by atoms with Crippen LogP contribution < -0.4 is 10.6 Å². The van der Waals surface area contributed by atoms with Crippen LogP contribution in [0.25, 0.3) is 10.9 Å². The molecule has 29 heavy (non-hydrogen) atoms. The van der Waals surface area contributed by atoms with Crippen LogP contribution in [0.3, 0.4) is 0 Å². The molecular weight excluding hydrogens is 366 g/mol. The Balaban J connectivity index is 1.66. The summed E-state index contributed by atoms with van der Waals surface area (Å²) in [6, 6.07) is 18.7. The van der Waals surface area contributed by atoms with E-state index in [1.54, 1.807) is 24.4 Å². The summed E-state index contributed by atoms with van der Waals surface area (Å²) in [7, 11) is 1.35. The number of rotatable bonds is 5. The van der Waals surface area contributed by atoms with Crippen LogP contribution in [0, 0.1) is 6.92 Å². The number of benzene rings is 2. The number of para-hydroxylation sites is 2. The van der Waals surface area contributed by atoms with Gasteiger partial charge in [0, 0.05) is 23.3 Å². The van der Waals surface area contributed by atoms with Crippen LogP contribution >= 0.6 is 0 Å². The maximum Gasteiger partial charge on any atom is 0.339 e. The maximum absolute atomic E-state index is 12.0. The zero-order chi connectivity index (χ0) is 20.2. The lowest BCUT2D eigenvalue weighted by Gasteiger charge is -2.12. The topological polar surface area (TPSA) is 89.0 Å². The third-order valence-electron chi connectivity index (χ3n) is 4.33. The Kier molecular flexibility index (Phi) is 5.03. The van der Waals surface area contributed by atoms with E-state index >= 15 is 0 Å². The zero-order valence-corrected chi connectivity index (χ0v) is 16.0. The van der Waals surface area contributed by atoms with Gasteiger partial charge in [0.1, 0.15) is 5.82 Å². The number of methoxy groups -OCH3 is 1. The lowest BCUT2D eigenvalue weighted by Crippen LogP contribution is -2.08. The van der Waals surface area contributed by atoms with Gasteiger partial charge < -0.3 is 15.4 Å². The van der Waals surface area contributed by atoms with Gasteiger partial charge in [-0.15, -0.1) is 0 Å². The molecule has 2 N–H and O–H groups in total. The van der Waals surface area contributed by atoms with Gasteiger partial charge in [0.25, 0.3) is 0 Å². The zero-order valence-electron chi connectivity index (χ0n) is 16.0. The molecule has 144 valence electrons. The maximum atomic E-state index is 12.0. The third kappa shape index (κ3) is 3.98. The SMILES string of the molecule is COC(=O)c1ccccc1Nc1nc(C)cc(Nc2cccc3cccnc23)n1. The normalized spacial score (nSPS) is 10.6. The first-order valence-corrected chi connectivity index (χ1v) is 9.05. The number of esters is 1. The van der Waals surface area contributed by atoms with Crippen molar-refractivity contribution in [3.05, 3.63) is 78.1 Å². The highest BCUT2D eigenvalue weighted by Crippen LogP contribution is 2.25. The summed E-state index contributed by atoms with van der Waals surface area (Å²) in [5.41, 5.74) is 3.46. The first-order valence-electron chi connectivity index (χ1n) is 9.05. The van der Waals surface area contributed by atoms with E-state index in [4.69, 9.17) is 4.74 Å². The summed E-state index contributed by atoms with van der Waals surface area (Å²) in [4.78, 5) is 25.4. The van der Waals surface area contributed by atoms with Crippen molar-refractivity contribution >= 4 is 40.0 Å². The Bertz CT molecular complexity index is 1190. The molecule has 0 atom stereocenters. The van der Waals surface area contributed by atoms with Crippen LogP contribution in [0.1, 0.15) is 16.1 Å². The van der Waals surface area contributed by atoms with E-state index < -0.39 is 5.97 Å². The Morgan fingerprint density at radius 3 is 2.59 bits per heavy atom. The molecule has 0 saturated carbocycles. The minimum atomic E-state index is -0.430. The van der Waals surface area contributed by atoms with E-state index in [1.165, 1.54) is 7.11 Å².